The van der Waals surface area contributed by atoms with Crippen LogP contribution in [0.4, 0.5) is 14.5 Å². The van der Waals surface area contributed by atoms with Gasteiger partial charge in [0.2, 0.25) is 11.8 Å². The Kier molecular flexibility index (Phi) is 7.55. The Bertz CT molecular complexity index is 715. The number of nitrogens with zero attached hydrogens (tertiary/aromatic N) is 3. The van der Waals surface area contributed by atoms with Crippen LogP contribution >= 0.6 is 0 Å². The number of anilines is 1. The van der Waals surface area contributed by atoms with Crippen LogP contribution in [0, 0.1) is 11.6 Å². The lowest BCUT2D eigenvalue weighted by Crippen LogP contribution is -2.54. The van der Waals surface area contributed by atoms with Crippen molar-refractivity contribution in [1.82, 2.24) is 14.7 Å². The van der Waals surface area contributed by atoms with Crippen LogP contribution in [-0.4, -0.2) is 78.4 Å². The Morgan fingerprint density at radius 1 is 0.966 bits per heavy atom. The number of hydrogen-bond donors (Lipinski definition) is 1. The van der Waals surface area contributed by atoms with E-state index in [1.54, 1.807) is 6.92 Å². The second-order valence-electron chi connectivity index (χ2n) is 7.90. The quantitative estimate of drug-likeness (QED) is 0.813. The maximum Gasteiger partial charge on any atom is 0.241 e. The Hall–Kier alpha value is -2.06. The topological polar surface area (TPSA) is 55.9 Å². The third kappa shape index (κ3) is 5.96. The van der Waals surface area contributed by atoms with Gasteiger partial charge in [0, 0.05) is 51.0 Å². The van der Waals surface area contributed by atoms with Gasteiger partial charge in [0.1, 0.15) is 0 Å². The predicted octanol–water partition coefficient (Wildman–Crippen LogP) is 2.31. The molecular weight excluding hydrogens is 378 g/mol. The lowest BCUT2D eigenvalue weighted by molar-refractivity contribution is -0.133. The number of carbonyl (C=O) groups excluding carboxylic acids is 2. The summed E-state index contributed by atoms with van der Waals surface area (Å²) in [5.41, 5.74) is 0.238. The summed E-state index contributed by atoms with van der Waals surface area (Å²) >= 11 is 0. The molecule has 2 aliphatic heterocycles. The van der Waals surface area contributed by atoms with Crippen LogP contribution in [0.15, 0.2) is 18.2 Å². The Morgan fingerprint density at radius 3 is 2.24 bits per heavy atom. The largest absolute Gasteiger partial charge is 0.342 e. The number of hydrogen-bond acceptors (Lipinski definition) is 4. The number of likely N-dealkylation sites (tertiary alicyclic amines) is 1. The molecule has 1 aromatic rings. The van der Waals surface area contributed by atoms with Gasteiger partial charge in [-0.1, -0.05) is 12.8 Å². The van der Waals surface area contributed by atoms with E-state index in [-0.39, 0.29) is 17.5 Å². The maximum atomic E-state index is 13.3. The molecule has 2 fully saturated rings. The highest BCUT2D eigenvalue weighted by Crippen LogP contribution is 2.15. The van der Waals surface area contributed by atoms with Gasteiger partial charge >= 0.3 is 0 Å². The van der Waals surface area contributed by atoms with Crippen molar-refractivity contribution in [2.45, 2.75) is 38.6 Å². The fourth-order valence-corrected chi connectivity index (χ4v) is 3.91. The molecule has 0 unspecified atom stereocenters. The van der Waals surface area contributed by atoms with Crippen molar-refractivity contribution in [2.75, 3.05) is 51.1 Å². The summed E-state index contributed by atoms with van der Waals surface area (Å²) in [6.07, 6.45) is 4.58. The lowest BCUT2D eigenvalue weighted by Gasteiger charge is -2.37. The summed E-state index contributed by atoms with van der Waals surface area (Å²) in [7, 11) is 0. The van der Waals surface area contributed by atoms with Gasteiger partial charge in [0.25, 0.3) is 0 Å². The molecule has 0 spiro atoms. The number of piperazine rings is 1. The average Bonchev–Trinajstić information content (AvgIpc) is 3.00. The Balaban J connectivity index is 1.44. The molecule has 29 heavy (non-hydrogen) atoms. The molecule has 160 valence electrons. The Morgan fingerprint density at radius 2 is 1.62 bits per heavy atom. The zero-order valence-electron chi connectivity index (χ0n) is 17.0. The zero-order chi connectivity index (χ0) is 20.8. The molecule has 0 radical (unpaired) electrons. The van der Waals surface area contributed by atoms with E-state index in [0.717, 1.165) is 51.2 Å². The second-order valence-corrected chi connectivity index (χ2v) is 7.90. The zero-order valence-corrected chi connectivity index (χ0v) is 17.0. The molecule has 1 N–H and O–H groups in total. The number of carbonyl (C=O) groups is 2. The van der Waals surface area contributed by atoms with Crippen molar-refractivity contribution in [3.63, 3.8) is 0 Å². The third-order valence-corrected chi connectivity index (χ3v) is 5.84. The van der Waals surface area contributed by atoms with E-state index in [4.69, 9.17) is 0 Å². The molecule has 0 saturated carbocycles. The number of amides is 2. The first-order valence-corrected chi connectivity index (χ1v) is 10.4. The van der Waals surface area contributed by atoms with Crippen molar-refractivity contribution in [3.8, 4) is 0 Å². The van der Waals surface area contributed by atoms with Gasteiger partial charge < -0.3 is 10.2 Å². The Labute approximate surface area is 170 Å². The summed E-state index contributed by atoms with van der Waals surface area (Å²) in [6.45, 7) is 6.76. The molecule has 0 aromatic heterocycles. The highest BCUT2D eigenvalue weighted by atomic mass is 19.2. The van der Waals surface area contributed by atoms with Crippen LogP contribution in [0.25, 0.3) is 0 Å². The molecule has 2 aliphatic rings. The van der Waals surface area contributed by atoms with E-state index in [1.165, 1.54) is 18.9 Å². The molecule has 0 bridgehead atoms. The van der Waals surface area contributed by atoms with Gasteiger partial charge in [-0.3, -0.25) is 19.4 Å². The van der Waals surface area contributed by atoms with Gasteiger partial charge in [-0.05, 0) is 31.9 Å². The molecule has 2 amide bonds. The first-order valence-electron chi connectivity index (χ1n) is 10.4. The van der Waals surface area contributed by atoms with Crippen LogP contribution in [0.3, 0.4) is 0 Å². The van der Waals surface area contributed by atoms with Gasteiger partial charge in [-0.2, -0.15) is 0 Å². The second kappa shape index (κ2) is 10.1. The SMILES string of the molecule is C[C@H](C(=O)Nc1ccc(F)c(F)c1)N1CCN(CC(=O)N2CCCCCC2)CC1. The lowest BCUT2D eigenvalue weighted by atomic mass is 10.2. The molecule has 2 heterocycles. The van der Waals surface area contributed by atoms with E-state index in [9.17, 15) is 18.4 Å². The fourth-order valence-electron chi connectivity index (χ4n) is 3.91. The molecule has 2 saturated heterocycles. The van der Waals surface area contributed by atoms with Crippen LogP contribution in [0.1, 0.15) is 32.6 Å². The molecule has 3 rings (SSSR count). The molecule has 6 nitrogen and oxygen atoms in total. The third-order valence-electron chi connectivity index (χ3n) is 5.84. The van der Waals surface area contributed by atoms with E-state index in [2.05, 4.69) is 10.2 Å². The standard InChI is InChI=1S/C21H30F2N4O2/c1-16(21(29)24-17-6-7-18(22)19(23)14-17)26-12-10-25(11-13-26)15-20(28)27-8-4-2-3-5-9-27/h6-7,14,16H,2-5,8-13,15H2,1H3,(H,24,29)/t16-/m1/s1. The minimum absolute atomic E-state index is 0.199. The van der Waals surface area contributed by atoms with Crippen LogP contribution in [-0.2, 0) is 9.59 Å². The van der Waals surface area contributed by atoms with Crippen LogP contribution in [0.2, 0.25) is 0 Å². The summed E-state index contributed by atoms with van der Waals surface area (Å²) in [4.78, 5) is 31.2. The number of nitrogens with one attached hydrogen (secondary N) is 1. The van der Waals surface area contributed by atoms with Crippen molar-refractivity contribution >= 4 is 17.5 Å². The van der Waals surface area contributed by atoms with Gasteiger partial charge in [0.05, 0.1) is 12.6 Å². The monoisotopic (exact) mass is 408 g/mol. The molecular formula is C21H30F2N4O2. The van der Waals surface area contributed by atoms with Crippen LogP contribution < -0.4 is 5.32 Å². The summed E-state index contributed by atoms with van der Waals surface area (Å²) in [5.74, 6) is -1.99. The number of halogens is 2. The number of rotatable bonds is 5. The average molecular weight is 408 g/mol. The normalized spacial score (nSPS) is 20.2. The van der Waals surface area contributed by atoms with Gasteiger partial charge in [0.15, 0.2) is 11.6 Å². The predicted molar refractivity (Wildman–Crippen MR) is 108 cm³/mol. The summed E-state index contributed by atoms with van der Waals surface area (Å²) < 4.78 is 26.3. The molecule has 0 aliphatic carbocycles. The molecule has 1 atom stereocenters. The van der Waals surface area contributed by atoms with E-state index in [0.29, 0.717) is 19.6 Å². The van der Waals surface area contributed by atoms with Crippen molar-refractivity contribution < 1.29 is 18.4 Å². The molecule has 1 aromatic carbocycles. The summed E-state index contributed by atoms with van der Waals surface area (Å²) in [5, 5.41) is 2.64. The maximum absolute atomic E-state index is 13.3. The highest BCUT2D eigenvalue weighted by Gasteiger charge is 2.27. The number of benzene rings is 1. The van der Waals surface area contributed by atoms with Crippen LogP contribution in [0.5, 0.6) is 0 Å². The molecule has 8 heteroatoms. The minimum atomic E-state index is -0.988. The first-order chi connectivity index (χ1) is 13.9. The minimum Gasteiger partial charge on any atom is -0.342 e. The van der Waals surface area contributed by atoms with Gasteiger partial charge in [-0.25, -0.2) is 8.78 Å². The van der Waals surface area contributed by atoms with Gasteiger partial charge in [-0.15, -0.1) is 0 Å². The van der Waals surface area contributed by atoms with E-state index < -0.39 is 17.7 Å². The van der Waals surface area contributed by atoms with E-state index in [1.807, 2.05) is 9.80 Å². The van der Waals surface area contributed by atoms with Crippen molar-refractivity contribution in [3.05, 3.63) is 29.8 Å². The smallest absolute Gasteiger partial charge is 0.241 e. The first kappa shape index (κ1) is 21.6. The summed E-state index contributed by atoms with van der Waals surface area (Å²) in [6, 6.07) is 2.92. The van der Waals surface area contributed by atoms with Crippen molar-refractivity contribution in [1.29, 1.82) is 0 Å². The van der Waals surface area contributed by atoms with Crippen molar-refractivity contribution in [2.24, 2.45) is 0 Å². The highest BCUT2D eigenvalue weighted by molar-refractivity contribution is 5.94. The van der Waals surface area contributed by atoms with E-state index >= 15 is 0 Å². The fraction of sp³-hybridized carbons (Fsp3) is 0.619.